The summed E-state index contributed by atoms with van der Waals surface area (Å²) in [4.78, 5) is 11.5. The highest BCUT2D eigenvalue weighted by molar-refractivity contribution is 7.18. The molecule has 3 rings (SSSR count). The topological polar surface area (TPSA) is 47.0 Å². The molecule has 0 unspecified atom stereocenters. The first kappa shape index (κ1) is 15.7. The molecule has 0 fully saturated rings. The van der Waals surface area contributed by atoms with E-state index in [0.717, 1.165) is 47.0 Å². The summed E-state index contributed by atoms with van der Waals surface area (Å²) in [5.74, 6) is 2.64. The Morgan fingerprint density at radius 2 is 1.96 bits per heavy atom. The lowest BCUT2D eigenvalue weighted by atomic mass is 10.1. The number of nitrogens with one attached hydrogen (secondary N) is 1. The molecule has 3 aromatic rings. The van der Waals surface area contributed by atoms with E-state index in [2.05, 4.69) is 40.4 Å². The quantitative estimate of drug-likeness (QED) is 0.736. The first-order valence-electron chi connectivity index (χ1n) is 7.83. The van der Waals surface area contributed by atoms with Gasteiger partial charge in [0.2, 0.25) is 0 Å². The Morgan fingerprint density at radius 3 is 2.65 bits per heavy atom. The number of anilines is 1. The number of hydrogen-bond acceptors (Lipinski definition) is 5. The number of fused-ring (bicyclic) bond motifs is 1. The van der Waals surface area contributed by atoms with Crippen LogP contribution in [0.5, 0.6) is 5.75 Å². The number of rotatable bonds is 6. The molecule has 1 N–H and O–H groups in total. The van der Waals surface area contributed by atoms with Crippen LogP contribution < -0.4 is 10.1 Å². The Kier molecular flexibility index (Phi) is 4.76. The van der Waals surface area contributed by atoms with E-state index < -0.39 is 0 Å². The Labute approximate surface area is 140 Å². The van der Waals surface area contributed by atoms with Crippen LogP contribution in [0.3, 0.4) is 0 Å². The first-order chi connectivity index (χ1) is 11.2. The zero-order valence-corrected chi connectivity index (χ0v) is 14.5. The van der Waals surface area contributed by atoms with Gasteiger partial charge in [-0.2, -0.15) is 0 Å². The minimum Gasteiger partial charge on any atom is -0.497 e. The van der Waals surface area contributed by atoms with Gasteiger partial charge in [0.05, 0.1) is 12.5 Å². The van der Waals surface area contributed by atoms with Crippen LogP contribution in [0.15, 0.2) is 30.3 Å². The summed E-state index contributed by atoms with van der Waals surface area (Å²) in [5, 5.41) is 4.60. The van der Waals surface area contributed by atoms with Crippen molar-refractivity contribution in [3.8, 4) is 5.75 Å². The van der Waals surface area contributed by atoms with E-state index in [-0.39, 0.29) is 0 Å². The van der Waals surface area contributed by atoms with E-state index in [1.54, 1.807) is 18.4 Å². The van der Waals surface area contributed by atoms with Gasteiger partial charge in [-0.3, -0.25) is 0 Å². The third kappa shape index (κ3) is 3.62. The lowest BCUT2D eigenvalue weighted by Gasteiger charge is -2.08. The van der Waals surface area contributed by atoms with Crippen molar-refractivity contribution < 1.29 is 4.74 Å². The van der Waals surface area contributed by atoms with E-state index in [4.69, 9.17) is 4.74 Å². The molecule has 0 atom stereocenters. The van der Waals surface area contributed by atoms with Crippen molar-refractivity contribution in [3.05, 3.63) is 46.6 Å². The lowest BCUT2D eigenvalue weighted by molar-refractivity contribution is 0.414. The molecule has 0 aliphatic rings. The number of thiophene rings is 1. The average molecular weight is 327 g/mol. The molecule has 1 aromatic carbocycles. The highest BCUT2D eigenvalue weighted by atomic mass is 32.1. The zero-order chi connectivity index (χ0) is 16.2. The molecule has 0 saturated heterocycles. The molecule has 2 heterocycles. The van der Waals surface area contributed by atoms with Gasteiger partial charge in [0.15, 0.2) is 0 Å². The molecule has 0 amide bonds. The molecular weight excluding hydrogens is 306 g/mol. The van der Waals surface area contributed by atoms with Gasteiger partial charge in [0.1, 0.15) is 22.2 Å². The maximum absolute atomic E-state index is 5.19. The number of aryl methyl sites for hydroxylation is 2. The summed E-state index contributed by atoms with van der Waals surface area (Å²) >= 11 is 1.75. The van der Waals surface area contributed by atoms with Crippen LogP contribution in [0.4, 0.5) is 5.82 Å². The largest absolute Gasteiger partial charge is 0.497 e. The summed E-state index contributed by atoms with van der Waals surface area (Å²) < 4.78 is 5.19. The van der Waals surface area contributed by atoms with E-state index in [1.165, 1.54) is 10.4 Å². The van der Waals surface area contributed by atoms with Crippen LogP contribution in [0.1, 0.15) is 23.2 Å². The highest BCUT2D eigenvalue weighted by Crippen LogP contribution is 2.29. The average Bonchev–Trinajstić information content (AvgIpc) is 2.98. The van der Waals surface area contributed by atoms with Gasteiger partial charge in [-0.1, -0.05) is 19.1 Å². The number of aromatic nitrogens is 2. The van der Waals surface area contributed by atoms with E-state index in [9.17, 15) is 0 Å². The predicted molar refractivity (Wildman–Crippen MR) is 96.7 cm³/mol. The highest BCUT2D eigenvalue weighted by Gasteiger charge is 2.09. The summed E-state index contributed by atoms with van der Waals surface area (Å²) in [5.41, 5.74) is 1.28. The van der Waals surface area contributed by atoms with Crippen LogP contribution in [-0.2, 0) is 12.8 Å². The maximum atomic E-state index is 5.19. The van der Waals surface area contributed by atoms with Crippen LogP contribution in [0.25, 0.3) is 10.2 Å². The predicted octanol–water partition coefficient (Wildman–Crippen LogP) is 4.23. The third-order valence-corrected chi connectivity index (χ3v) is 4.94. The molecule has 120 valence electrons. The number of ether oxygens (including phenoxy) is 1. The number of benzene rings is 1. The minimum atomic E-state index is 0.814. The van der Waals surface area contributed by atoms with Gasteiger partial charge in [0.25, 0.3) is 0 Å². The third-order valence-electron chi connectivity index (χ3n) is 3.77. The molecule has 0 spiro atoms. The van der Waals surface area contributed by atoms with Crippen molar-refractivity contribution >= 4 is 27.4 Å². The molecular formula is C18H21N3OS. The van der Waals surface area contributed by atoms with Gasteiger partial charge in [0, 0.05) is 11.4 Å². The minimum absolute atomic E-state index is 0.814. The van der Waals surface area contributed by atoms with Gasteiger partial charge in [-0.05, 0) is 43.5 Å². The monoisotopic (exact) mass is 327 g/mol. The second-order valence-corrected chi connectivity index (χ2v) is 6.54. The Hall–Kier alpha value is -2.14. The SMILES string of the molecule is CCc1cc2c(NCCc3ccc(OC)cc3)nc(C)nc2s1. The van der Waals surface area contributed by atoms with Crippen molar-refractivity contribution in [2.45, 2.75) is 26.7 Å². The molecule has 4 nitrogen and oxygen atoms in total. The normalized spacial score (nSPS) is 10.9. The van der Waals surface area contributed by atoms with Crippen LogP contribution in [-0.4, -0.2) is 23.6 Å². The standard InChI is InChI=1S/C18H21N3OS/c1-4-15-11-16-17(20-12(2)21-18(16)23-15)19-10-9-13-5-7-14(22-3)8-6-13/h5-8,11H,4,9-10H2,1-3H3,(H,19,20,21). The second-order valence-electron chi connectivity index (χ2n) is 5.43. The lowest BCUT2D eigenvalue weighted by Crippen LogP contribution is -2.07. The van der Waals surface area contributed by atoms with Crippen molar-refractivity contribution in [3.63, 3.8) is 0 Å². The molecule has 2 aromatic heterocycles. The second kappa shape index (κ2) is 6.96. The van der Waals surface area contributed by atoms with Crippen LogP contribution in [0.2, 0.25) is 0 Å². The Bertz CT molecular complexity index is 796. The fraction of sp³-hybridized carbons (Fsp3) is 0.333. The van der Waals surface area contributed by atoms with Crippen molar-refractivity contribution in [1.82, 2.24) is 9.97 Å². The number of hydrogen-bond donors (Lipinski definition) is 1. The van der Waals surface area contributed by atoms with Gasteiger partial charge < -0.3 is 10.1 Å². The molecule has 23 heavy (non-hydrogen) atoms. The summed E-state index contributed by atoms with van der Waals surface area (Å²) in [6.45, 7) is 4.95. The number of nitrogens with zero attached hydrogens (tertiary/aromatic N) is 2. The fourth-order valence-electron chi connectivity index (χ4n) is 2.50. The van der Waals surface area contributed by atoms with Gasteiger partial charge >= 0.3 is 0 Å². The van der Waals surface area contributed by atoms with Gasteiger partial charge in [-0.15, -0.1) is 11.3 Å². The van der Waals surface area contributed by atoms with Crippen LogP contribution in [0, 0.1) is 6.92 Å². The molecule has 0 aliphatic carbocycles. The van der Waals surface area contributed by atoms with Crippen molar-refractivity contribution in [1.29, 1.82) is 0 Å². The van der Waals surface area contributed by atoms with Crippen LogP contribution >= 0.6 is 11.3 Å². The summed E-state index contributed by atoms with van der Waals surface area (Å²) in [6, 6.07) is 10.4. The smallest absolute Gasteiger partial charge is 0.138 e. The molecule has 0 aliphatic heterocycles. The summed E-state index contributed by atoms with van der Waals surface area (Å²) in [6.07, 6.45) is 1.98. The van der Waals surface area contributed by atoms with Crippen molar-refractivity contribution in [2.75, 3.05) is 19.0 Å². The molecule has 0 radical (unpaired) electrons. The Balaban J connectivity index is 1.72. The molecule has 0 bridgehead atoms. The first-order valence-corrected chi connectivity index (χ1v) is 8.65. The van der Waals surface area contributed by atoms with Gasteiger partial charge in [-0.25, -0.2) is 9.97 Å². The van der Waals surface area contributed by atoms with E-state index in [0.29, 0.717) is 0 Å². The molecule has 0 saturated carbocycles. The molecule has 5 heteroatoms. The van der Waals surface area contributed by atoms with Crippen molar-refractivity contribution in [2.24, 2.45) is 0 Å². The van der Waals surface area contributed by atoms with E-state index >= 15 is 0 Å². The zero-order valence-electron chi connectivity index (χ0n) is 13.7. The maximum Gasteiger partial charge on any atom is 0.138 e. The summed E-state index contributed by atoms with van der Waals surface area (Å²) in [7, 11) is 1.69. The van der Waals surface area contributed by atoms with E-state index in [1.807, 2.05) is 19.1 Å². The fourth-order valence-corrected chi connectivity index (χ4v) is 3.52. The number of methoxy groups -OCH3 is 1. The Morgan fingerprint density at radius 1 is 1.17 bits per heavy atom.